The van der Waals surface area contributed by atoms with E-state index in [0.29, 0.717) is 73.2 Å². The predicted molar refractivity (Wildman–Crippen MR) is 132 cm³/mol. The molecule has 0 bridgehead atoms. The van der Waals surface area contributed by atoms with Crippen LogP contribution in [-0.2, 0) is 11.2 Å². The number of carbonyl (C=O) groups excluding carboxylic acids is 3. The van der Waals surface area contributed by atoms with Gasteiger partial charge in [0.05, 0.1) is 26.0 Å². The summed E-state index contributed by atoms with van der Waals surface area (Å²) in [6.45, 7) is 4.40. The van der Waals surface area contributed by atoms with E-state index in [1.54, 1.807) is 53.3 Å². The van der Waals surface area contributed by atoms with Gasteiger partial charge in [-0.25, -0.2) is 4.68 Å². The summed E-state index contributed by atoms with van der Waals surface area (Å²) in [4.78, 5) is 42.3. The molecule has 2 N–H and O–H groups in total. The standard InChI is InChI=1S/C26H27N5O5/c1-16-15-18(5-8-20(16)25(33)29-11-13-36-14-12-29)30-10-9-21-22(24(27)32)28-31(23(21)26(30)34)17-3-6-19(35-2)7-4-17/h3-8,15H,9-14H2,1-2H3,(H2,27,32). The zero-order chi connectivity index (χ0) is 25.4. The Labute approximate surface area is 208 Å². The number of aryl methyl sites for hydroxylation is 1. The summed E-state index contributed by atoms with van der Waals surface area (Å²) >= 11 is 0. The van der Waals surface area contributed by atoms with Crippen molar-refractivity contribution in [2.75, 3.05) is 44.9 Å². The lowest BCUT2D eigenvalue weighted by Crippen LogP contribution is -2.41. The number of ether oxygens (including phenoxy) is 2. The molecule has 1 aromatic heterocycles. The molecule has 3 aromatic rings. The molecule has 186 valence electrons. The van der Waals surface area contributed by atoms with Gasteiger partial charge in [0.2, 0.25) is 0 Å². The van der Waals surface area contributed by atoms with E-state index >= 15 is 0 Å². The maximum atomic E-state index is 13.7. The Hall–Kier alpha value is -4.18. The van der Waals surface area contributed by atoms with E-state index in [2.05, 4.69) is 5.10 Å². The SMILES string of the molecule is COc1ccc(-n2nc(C(N)=O)c3c2C(=O)N(c2ccc(C(=O)N4CCOCC4)c(C)c2)CC3)cc1. The van der Waals surface area contributed by atoms with E-state index in [9.17, 15) is 14.4 Å². The molecule has 0 radical (unpaired) electrons. The number of benzene rings is 2. The summed E-state index contributed by atoms with van der Waals surface area (Å²) in [6, 6.07) is 12.4. The van der Waals surface area contributed by atoms with Crippen molar-refractivity contribution >= 4 is 23.4 Å². The molecule has 36 heavy (non-hydrogen) atoms. The van der Waals surface area contributed by atoms with Crippen LogP contribution in [0.1, 0.15) is 42.5 Å². The molecule has 0 atom stereocenters. The van der Waals surface area contributed by atoms with Crippen LogP contribution in [0.3, 0.4) is 0 Å². The molecule has 10 heteroatoms. The molecular formula is C26H27N5O5. The Morgan fingerprint density at radius 2 is 1.72 bits per heavy atom. The highest BCUT2D eigenvalue weighted by molar-refractivity contribution is 6.10. The van der Waals surface area contributed by atoms with Crippen molar-refractivity contribution in [3.8, 4) is 11.4 Å². The Kier molecular flexibility index (Phi) is 6.19. The van der Waals surface area contributed by atoms with Gasteiger partial charge in [-0.15, -0.1) is 0 Å². The number of morpholine rings is 1. The molecule has 5 rings (SSSR count). The number of carbonyl (C=O) groups is 3. The average molecular weight is 490 g/mol. The van der Waals surface area contributed by atoms with E-state index in [-0.39, 0.29) is 17.5 Å². The number of hydrogen-bond acceptors (Lipinski definition) is 6. The number of methoxy groups -OCH3 is 1. The van der Waals surface area contributed by atoms with Gasteiger partial charge in [0.1, 0.15) is 11.4 Å². The van der Waals surface area contributed by atoms with E-state index in [1.165, 1.54) is 4.68 Å². The molecule has 10 nitrogen and oxygen atoms in total. The summed E-state index contributed by atoms with van der Waals surface area (Å²) in [6.07, 6.45) is 0.420. The molecule has 1 fully saturated rings. The smallest absolute Gasteiger partial charge is 0.277 e. The number of fused-ring (bicyclic) bond motifs is 1. The second kappa shape index (κ2) is 9.46. The van der Waals surface area contributed by atoms with Crippen LogP contribution in [-0.4, -0.2) is 72.4 Å². The maximum Gasteiger partial charge on any atom is 0.277 e. The second-order valence-electron chi connectivity index (χ2n) is 8.76. The predicted octanol–water partition coefficient (Wildman–Crippen LogP) is 1.96. The minimum Gasteiger partial charge on any atom is -0.497 e. The first-order valence-corrected chi connectivity index (χ1v) is 11.7. The summed E-state index contributed by atoms with van der Waals surface area (Å²) in [5.74, 6) is -0.358. The van der Waals surface area contributed by atoms with Crippen LogP contribution in [0.25, 0.3) is 5.69 Å². The minimum atomic E-state index is -0.679. The first-order chi connectivity index (χ1) is 17.4. The van der Waals surface area contributed by atoms with Crippen molar-refractivity contribution in [1.29, 1.82) is 0 Å². The number of nitrogens with two attached hydrogens (primary N) is 1. The molecule has 2 aliphatic rings. The zero-order valence-corrected chi connectivity index (χ0v) is 20.2. The van der Waals surface area contributed by atoms with E-state index < -0.39 is 5.91 Å². The van der Waals surface area contributed by atoms with Crippen LogP contribution in [0.15, 0.2) is 42.5 Å². The third kappa shape index (κ3) is 4.09. The van der Waals surface area contributed by atoms with Crippen LogP contribution >= 0.6 is 0 Å². The molecule has 3 heterocycles. The lowest BCUT2D eigenvalue weighted by atomic mass is 10.0. The van der Waals surface area contributed by atoms with Gasteiger partial charge < -0.3 is 25.0 Å². The summed E-state index contributed by atoms with van der Waals surface area (Å²) < 4.78 is 12.0. The highest BCUT2D eigenvalue weighted by Gasteiger charge is 2.35. The van der Waals surface area contributed by atoms with Crippen LogP contribution < -0.4 is 15.4 Å². The van der Waals surface area contributed by atoms with Gasteiger partial charge in [-0.3, -0.25) is 14.4 Å². The number of rotatable bonds is 5. The zero-order valence-electron chi connectivity index (χ0n) is 20.2. The van der Waals surface area contributed by atoms with Gasteiger partial charge >= 0.3 is 0 Å². The van der Waals surface area contributed by atoms with Crippen molar-refractivity contribution in [3.63, 3.8) is 0 Å². The summed E-state index contributed by atoms with van der Waals surface area (Å²) in [5, 5.41) is 4.40. The second-order valence-corrected chi connectivity index (χ2v) is 8.76. The van der Waals surface area contributed by atoms with Gasteiger partial charge in [0.15, 0.2) is 5.69 Å². The number of primary amides is 1. The number of hydrogen-bond donors (Lipinski definition) is 1. The van der Waals surface area contributed by atoms with Crippen LogP contribution in [0.5, 0.6) is 5.75 Å². The van der Waals surface area contributed by atoms with Crippen LogP contribution in [0.4, 0.5) is 5.69 Å². The lowest BCUT2D eigenvalue weighted by molar-refractivity contribution is 0.0302. The van der Waals surface area contributed by atoms with E-state index in [4.69, 9.17) is 15.2 Å². The van der Waals surface area contributed by atoms with Gasteiger partial charge in [0.25, 0.3) is 17.7 Å². The fraction of sp³-hybridized carbons (Fsp3) is 0.308. The van der Waals surface area contributed by atoms with Crippen molar-refractivity contribution in [2.24, 2.45) is 5.73 Å². The van der Waals surface area contributed by atoms with Crippen molar-refractivity contribution in [2.45, 2.75) is 13.3 Å². The topological polar surface area (TPSA) is 120 Å². The molecule has 0 unspecified atom stereocenters. The Morgan fingerprint density at radius 3 is 2.36 bits per heavy atom. The monoisotopic (exact) mass is 489 g/mol. The van der Waals surface area contributed by atoms with Gasteiger partial charge in [-0.2, -0.15) is 5.10 Å². The number of nitrogens with zero attached hydrogens (tertiary/aromatic N) is 4. The molecule has 0 saturated carbocycles. The van der Waals surface area contributed by atoms with Crippen molar-refractivity contribution in [3.05, 3.63) is 70.5 Å². The fourth-order valence-corrected chi connectivity index (χ4v) is 4.71. The molecule has 0 aliphatic carbocycles. The quantitative estimate of drug-likeness (QED) is 0.585. The fourth-order valence-electron chi connectivity index (χ4n) is 4.71. The molecule has 1 saturated heterocycles. The van der Waals surface area contributed by atoms with E-state index in [0.717, 1.165) is 5.56 Å². The van der Waals surface area contributed by atoms with Gasteiger partial charge in [0, 0.05) is 36.4 Å². The number of amides is 3. The Morgan fingerprint density at radius 1 is 1.03 bits per heavy atom. The highest BCUT2D eigenvalue weighted by Crippen LogP contribution is 2.30. The lowest BCUT2D eigenvalue weighted by Gasteiger charge is -2.29. The van der Waals surface area contributed by atoms with E-state index in [1.807, 2.05) is 13.0 Å². The number of aromatic nitrogens is 2. The van der Waals surface area contributed by atoms with Gasteiger partial charge in [-0.05, 0) is 61.4 Å². The number of anilines is 1. The van der Waals surface area contributed by atoms with Crippen LogP contribution in [0.2, 0.25) is 0 Å². The molecule has 2 aliphatic heterocycles. The maximum absolute atomic E-state index is 13.7. The third-order valence-electron chi connectivity index (χ3n) is 6.62. The summed E-state index contributed by atoms with van der Waals surface area (Å²) in [7, 11) is 1.57. The first-order valence-electron chi connectivity index (χ1n) is 11.7. The van der Waals surface area contributed by atoms with Crippen molar-refractivity contribution < 1.29 is 23.9 Å². The largest absolute Gasteiger partial charge is 0.497 e. The normalized spacial score (nSPS) is 15.6. The third-order valence-corrected chi connectivity index (χ3v) is 6.62. The molecular weight excluding hydrogens is 462 g/mol. The summed E-state index contributed by atoms with van der Waals surface area (Å²) in [5.41, 5.74) is 9.18. The van der Waals surface area contributed by atoms with Crippen LogP contribution in [0, 0.1) is 6.92 Å². The average Bonchev–Trinajstić information content (AvgIpc) is 3.30. The Balaban J connectivity index is 1.49. The highest BCUT2D eigenvalue weighted by atomic mass is 16.5. The minimum absolute atomic E-state index is 0.0433. The molecule has 2 aromatic carbocycles. The Bertz CT molecular complexity index is 1340. The molecule has 0 spiro atoms. The molecule has 3 amide bonds. The van der Waals surface area contributed by atoms with Gasteiger partial charge in [-0.1, -0.05) is 0 Å². The van der Waals surface area contributed by atoms with Crippen molar-refractivity contribution in [1.82, 2.24) is 14.7 Å². The first kappa shape index (κ1) is 23.6.